The van der Waals surface area contributed by atoms with E-state index in [-0.39, 0.29) is 12.3 Å². The summed E-state index contributed by atoms with van der Waals surface area (Å²) in [6.07, 6.45) is -5.24. The zero-order valence-electron chi connectivity index (χ0n) is 9.92. The van der Waals surface area contributed by atoms with E-state index >= 15 is 0 Å². The molecule has 0 spiro atoms. The number of rotatable bonds is 4. The highest BCUT2D eigenvalue weighted by atomic mass is 19.4. The summed E-state index contributed by atoms with van der Waals surface area (Å²) in [4.78, 5) is 10.8. The molecule has 1 aromatic rings. The molecule has 1 amide bonds. The summed E-state index contributed by atoms with van der Waals surface area (Å²) in [5.41, 5.74) is 6.88. The van der Waals surface area contributed by atoms with Gasteiger partial charge in [0.25, 0.3) is 0 Å². The third-order valence-electron chi connectivity index (χ3n) is 2.40. The van der Waals surface area contributed by atoms with E-state index in [1.165, 1.54) is 6.92 Å². The summed E-state index contributed by atoms with van der Waals surface area (Å²) < 4.78 is 36.1. The van der Waals surface area contributed by atoms with Crippen LogP contribution in [0.25, 0.3) is 0 Å². The Labute approximate surface area is 103 Å². The average Bonchev–Trinajstić information content (AvgIpc) is 2.25. The van der Waals surface area contributed by atoms with Crippen LogP contribution in [0.3, 0.4) is 0 Å². The van der Waals surface area contributed by atoms with Crippen LogP contribution in [0, 0.1) is 0 Å². The molecule has 0 saturated heterocycles. The second-order valence-electron chi connectivity index (χ2n) is 4.06. The molecule has 0 aromatic heterocycles. The Balaban J connectivity index is 2.59. The summed E-state index contributed by atoms with van der Waals surface area (Å²) in [7, 11) is 0. The van der Waals surface area contributed by atoms with Crippen molar-refractivity contribution in [3.8, 4) is 0 Å². The zero-order valence-corrected chi connectivity index (χ0v) is 9.92. The molecule has 0 heterocycles. The lowest BCUT2D eigenvalue weighted by Crippen LogP contribution is -2.15. The molecule has 18 heavy (non-hydrogen) atoms. The average molecular weight is 260 g/mol. The summed E-state index contributed by atoms with van der Waals surface area (Å²) >= 11 is 0. The molecule has 0 bridgehead atoms. The van der Waals surface area contributed by atoms with Crippen LogP contribution < -0.4 is 11.1 Å². The van der Waals surface area contributed by atoms with Crippen LogP contribution in [0.15, 0.2) is 24.3 Å². The molecule has 0 aliphatic heterocycles. The van der Waals surface area contributed by atoms with E-state index in [0.717, 1.165) is 0 Å². The highest BCUT2D eigenvalue weighted by Crippen LogP contribution is 2.26. The molecule has 0 fully saturated rings. The first kappa shape index (κ1) is 14.5. The van der Waals surface area contributed by atoms with Gasteiger partial charge in [-0.3, -0.25) is 4.79 Å². The van der Waals surface area contributed by atoms with Crippen LogP contribution in [-0.2, 0) is 4.79 Å². The van der Waals surface area contributed by atoms with Crippen molar-refractivity contribution in [3.63, 3.8) is 0 Å². The minimum absolute atomic E-state index is 0.150. The van der Waals surface area contributed by atoms with Gasteiger partial charge in [-0.05, 0) is 24.1 Å². The fourth-order valence-electron chi connectivity index (χ4n) is 1.50. The van der Waals surface area contributed by atoms with Crippen molar-refractivity contribution < 1.29 is 18.0 Å². The number of amides is 1. The van der Waals surface area contributed by atoms with Crippen molar-refractivity contribution >= 4 is 11.6 Å². The molecule has 0 aliphatic carbocycles. The van der Waals surface area contributed by atoms with Gasteiger partial charge in [0.1, 0.15) is 0 Å². The van der Waals surface area contributed by atoms with E-state index in [4.69, 9.17) is 5.73 Å². The fraction of sp³-hybridized carbons (Fsp3) is 0.417. The molecule has 0 radical (unpaired) electrons. The van der Waals surface area contributed by atoms with Gasteiger partial charge >= 0.3 is 6.18 Å². The predicted molar refractivity (Wildman–Crippen MR) is 63.0 cm³/mol. The number of nitrogens with one attached hydrogen (secondary N) is 1. The van der Waals surface area contributed by atoms with Crippen molar-refractivity contribution in [1.29, 1.82) is 0 Å². The van der Waals surface area contributed by atoms with Gasteiger partial charge in [0.05, 0.1) is 0 Å². The molecule has 100 valence electrons. The minimum atomic E-state index is -4.19. The molecular formula is C12H15F3N2O. The highest BCUT2D eigenvalue weighted by molar-refractivity contribution is 5.88. The lowest BCUT2D eigenvalue weighted by Gasteiger charge is -2.14. The van der Waals surface area contributed by atoms with Gasteiger partial charge in [-0.25, -0.2) is 0 Å². The van der Waals surface area contributed by atoms with Gasteiger partial charge in [-0.1, -0.05) is 12.1 Å². The smallest absolute Gasteiger partial charge is 0.326 e. The number of nitrogens with two attached hydrogens (primary N) is 1. The molecule has 1 atom stereocenters. The number of benzene rings is 1. The number of carbonyl (C=O) groups excluding carboxylic acids is 1. The number of anilines is 1. The van der Waals surface area contributed by atoms with E-state index in [9.17, 15) is 18.0 Å². The maximum atomic E-state index is 12.0. The largest absolute Gasteiger partial charge is 0.389 e. The summed E-state index contributed by atoms with van der Waals surface area (Å²) in [6.45, 7) is 1.38. The summed E-state index contributed by atoms with van der Waals surface area (Å²) in [5.74, 6) is -0.205. The first-order valence-corrected chi connectivity index (χ1v) is 5.48. The zero-order chi connectivity index (χ0) is 13.8. The predicted octanol–water partition coefficient (Wildman–Crippen LogP) is 2.99. The Morgan fingerprint density at radius 1 is 1.33 bits per heavy atom. The van der Waals surface area contributed by atoms with Crippen LogP contribution in [0.1, 0.15) is 31.4 Å². The van der Waals surface area contributed by atoms with Crippen LogP contribution in [-0.4, -0.2) is 12.1 Å². The van der Waals surface area contributed by atoms with Gasteiger partial charge in [0.2, 0.25) is 5.91 Å². The van der Waals surface area contributed by atoms with Gasteiger partial charge in [-0.2, -0.15) is 13.2 Å². The van der Waals surface area contributed by atoms with Crippen molar-refractivity contribution in [3.05, 3.63) is 29.8 Å². The number of halogens is 3. The summed E-state index contributed by atoms with van der Waals surface area (Å²) in [5, 5.41) is 2.57. The number of hydrogen-bond acceptors (Lipinski definition) is 2. The molecular weight excluding hydrogens is 245 g/mol. The van der Waals surface area contributed by atoms with Crippen molar-refractivity contribution in [2.24, 2.45) is 5.73 Å². The normalized spacial score (nSPS) is 13.2. The standard InChI is InChI=1S/C12H15F3N2O/c1-8(18)17-10-4-2-9(3-5-10)11(16)6-7-12(13,14)15/h2-5,11H,6-7,16H2,1H3,(H,17,18)/t11-/m0/s1. The Morgan fingerprint density at radius 2 is 1.89 bits per heavy atom. The Morgan fingerprint density at radius 3 is 2.33 bits per heavy atom. The quantitative estimate of drug-likeness (QED) is 0.874. The van der Waals surface area contributed by atoms with Crippen LogP contribution in [0.2, 0.25) is 0 Å². The monoisotopic (exact) mass is 260 g/mol. The van der Waals surface area contributed by atoms with E-state index in [2.05, 4.69) is 5.32 Å². The maximum Gasteiger partial charge on any atom is 0.389 e. The topological polar surface area (TPSA) is 55.1 Å². The van der Waals surface area contributed by atoms with E-state index in [0.29, 0.717) is 11.3 Å². The maximum absolute atomic E-state index is 12.0. The second kappa shape index (κ2) is 5.86. The second-order valence-corrected chi connectivity index (χ2v) is 4.06. The van der Waals surface area contributed by atoms with E-state index < -0.39 is 18.6 Å². The molecule has 3 nitrogen and oxygen atoms in total. The highest BCUT2D eigenvalue weighted by Gasteiger charge is 2.27. The van der Waals surface area contributed by atoms with Gasteiger partial charge in [-0.15, -0.1) is 0 Å². The molecule has 0 aliphatic rings. The Bertz CT molecular complexity index is 401. The minimum Gasteiger partial charge on any atom is -0.326 e. The molecule has 0 saturated carbocycles. The fourth-order valence-corrected chi connectivity index (χ4v) is 1.50. The lowest BCUT2D eigenvalue weighted by molar-refractivity contribution is -0.136. The van der Waals surface area contributed by atoms with E-state index in [1.54, 1.807) is 24.3 Å². The Hall–Kier alpha value is -1.56. The van der Waals surface area contributed by atoms with Crippen molar-refractivity contribution in [2.45, 2.75) is 32.0 Å². The molecule has 1 rings (SSSR count). The third-order valence-corrected chi connectivity index (χ3v) is 2.40. The van der Waals surface area contributed by atoms with Gasteiger partial charge in [0, 0.05) is 25.1 Å². The Kier molecular flexibility index (Phi) is 4.72. The number of alkyl halides is 3. The van der Waals surface area contributed by atoms with Crippen LogP contribution in [0.4, 0.5) is 18.9 Å². The van der Waals surface area contributed by atoms with E-state index in [1.807, 2.05) is 0 Å². The summed E-state index contributed by atoms with van der Waals surface area (Å²) in [6, 6.07) is 5.81. The lowest BCUT2D eigenvalue weighted by atomic mass is 10.0. The van der Waals surface area contributed by atoms with Gasteiger partial charge in [0.15, 0.2) is 0 Å². The molecule has 0 unspecified atom stereocenters. The molecule has 6 heteroatoms. The SMILES string of the molecule is CC(=O)Nc1ccc([C@@H](N)CCC(F)(F)F)cc1. The first-order valence-electron chi connectivity index (χ1n) is 5.48. The third kappa shape index (κ3) is 5.18. The van der Waals surface area contributed by atoms with Gasteiger partial charge < -0.3 is 11.1 Å². The van der Waals surface area contributed by atoms with Crippen molar-refractivity contribution in [1.82, 2.24) is 0 Å². The van der Waals surface area contributed by atoms with Crippen LogP contribution >= 0.6 is 0 Å². The number of carbonyl (C=O) groups is 1. The molecule has 1 aromatic carbocycles. The number of hydrogen-bond donors (Lipinski definition) is 2. The van der Waals surface area contributed by atoms with Crippen molar-refractivity contribution in [2.75, 3.05) is 5.32 Å². The first-order chi connectivity index (χ1) is 8.28. The van der Waals surface area contributed by atoms with Crippen LogP contribution in [0.5, 0.6) is 0 Å². The molecule has 3 N–H and O–H groups in total.